The van der Waals surface area contributed by atoms with Crippen LogP contribution in [0.25, 0.3) is 0 Å². The lowest BCUT2D eigenvalue weighted by atomic mass is 10.0. The van der Waals surface area contributed by atoms with Crippen molar-refractivity contribution in [3.8, 4) is 0 Å². The highest BCUT2D eigenvalue weighted by Gasteiger charge is 2.51. The lowest BCUT2D eigenvalue weighted by molar-refractivity contribution is -0.0806. The van der Waals surface area contributed by atoms with Gasteiger partial charge in [0, 0.05) is 38.7 Å². The SMILES string of the molecule is CS(=O)(=O)c1ccc(S(=O)(=O)N2CCC3(CC2)OCCN3S(=O)(=O)c2ccc(C[SH](=O)=O)cc2)cc1. The molecule has 2 aromatic carbocycles. The molecule has 0 aromatic heterocycles. The second kappa shape index (κ2) is 9.78. The summed E-state index contributed by atoms with van der Waals surface area (Å²) in [5.74, 6) is -0.187. The number of sulfone groups is 1. The molecule has 2 fully saturated rings. The zero-order valence-electron chi connectivity index (χ0n) is 19.3. The normalized spacial score (nSPS) is 19.7. The number of sulfonamides is 2. The maximum atomic E-state index is 13.4. The van der Waals surface area contributed by atoms with Crippen LogP contribution in [0.1, 0.15) is 18.4 Å². The van der Waals surface area contributed by atoms with Gasteiger partial charge in [0.05, 0.1) is 27.0 Å². The molecule has 2 aliphatic heterocycles. The lowest BCUT2D eigenvalue weighted by Gasteiger charge is -2.42. The van der Waals surface area contributed by atoms with Gasteiger partial charge in [-0.05, 0) is 42.0 Å². The predicted octanol–water partition coefficient (Wildman–Crippen LogP) is 0.403. The largest absolute Gasteiger partial charge is 0.358 e. The highest BCUT2D eigenvalue weighted by Crippen LogP contribution is 2.39. The molecule has 36 heavy (non-hydrogen) atoms. The van der Waals surface area contributed by atoms with Crippen molar-refractivity contribution in [3.05, 3.63) is 54.1 Å². The van der Waals surface area contributed by atoms with E-state index in [0.717, 1.165) is 6.26 Å². The van der Waals surface area contributed by atoms with E-state index in [2.05, 4.69) is 0 Å². The van der Waals surface area contributed by atoms with Crippen LogP contribution in [-0.4, -0.2) is 80.5 Å². The Morgan fingerprint density at radius 1 is 0.778 bits per heavy atom. The standard InChI is InChI=1S/C21H26N2O9S4/c1-34(26,27)18-6-8-19(9-7-18)35(28,29)22-12-10-21(11-13-22)23(14-15-32-21)36(30,31)20-4-2-17(3-5-20)16-33(24)25/h2-9,33H,10-16H2,1H3. The molecule has 0 N–H and O–H groups in total. The minimum absolute atomic E-state index is 0.00160. The van der Waals surface area contributed by atoms with Crippen LogP contribution < -0.4 is 0 Å². The molecule has 2 aliphatic rings. The van der Waals surface area contributed by atoms with Crippen LogP contribution in [0.3, 0.4) is 0 Å². The molecule has 0 aliphatic carbocycles. The maximum Gasteiger partial charge on any atom is 0.245 e. The summed E-state index contributed by atoms with van der Waals surface area (Å²) in [6.07, 6.45) is 1.26. The number of thiol groups is 1. The molecule has 4 rings (SSSR count). The molecular weight excluding hydrogens is 553 g/mol. The van der Waals surface area contributed by atoms with Crippen molar-refractivity contribution in [2.24, 2.45) is 0 Å². The van der Waals surface area contributed by atoms with Gasteiger partial charge in [-0.3, -0.25) is 0 Å². The number of ether oxygens (including phenoxy) is 1. The van der Waals surface area contributed by atoms with Crippen LogP contribution in [-0.2, 0) is 51.1 Å². The zero-order chi connectivity index (χ0) is 26.4. The van der Waals surface area contributed by atoms with Crippen LogP contribution in [0, 0.1) is 0 Å². The third-order valence-corrected chi connectivity index (χ3v) is 12.0. The van der Waals surface area contributed by atoms with Crippen molar-refractivity contribution in [1.82, 2.24) is 8.61 Å². The first-order valence-electron chi connectivity index (χ1n) is 10.9. The summed E-state index contributed by atoms with van der Waals surface area (Å²) < 4.78 is 107. The first kappa shape index (κ1) is 27.2. The van der Waals surface area contributed by atoms with Gasteiger partial charge in [0.25, 0.3) is 0 Å². The first-order valence-corrected chi connectivity index (χ1v) is 17.1. The molecule has 0 saturated carbocycles. The van der Waals surface area contributed by atoms with E-state index in [9.17, 15) is 33.7 Å². The van der Waals surface area contributed by atoms with Crippen molar-refractivity contribution in [2.45, 2.75) is 39.0 Å². The van der Waals surface area contributed by atoms with Gasteiger partial charge in [0.15, 0.2) is 9.84 Å². The number of hydrogen-bond acceptors (Lipinski definition) is 9. The van der Waals surface area contributed by atoms with Gasteiger partial charge in [-0.25, -0.2) is 33.7 Å². The maximum absolute atomic E-state index is 13.4. The van der Waals surface area contributed by atoms with Crippen molar-refractivity contribution in [3.63, 3.8) is 0 Å². The predicted molar refractivity (Wildman–Crippen MR) is 131 cm³/mol. The van der Waals surface area contributed by atoms with Crippen molar-refractivity contribution in [2.75, 3.05) is 32.5 Å². The van der Waals surface area contributed by atoms with E-state index in [1.807, 2.05) is 0 Å². The third kappa shape index (κ3) is 5.23. The third-order valence-electron chi connectivity index (χ3n) is 6.34. The van der Waals surface area contributed by atoms with Gasteiger partial charge < -0.3 is 4.74 Å². The Morgan fingerprint density at radius 3 is 1.81 bits per heavy atom. The van der Waals surface area contributed by atoms with E-state index in [-0.39, 0.29) is 59.5 Å². The minimum Gasteiger partial charge on any atom is -0.358 e. The average Bonchev–Trinajstić information content (AvgIpc) is 3.22. The van der Waals surface area contributed by atoms with Crippen molar-refractivity contribution in [1.29, 1.82) is 0 Å². The molecule has 0 amide bonds. The summed E-state index contributed by atoms with van der Waals surface area (Å²) in [5, 5.41) is 0. The number of rotatable bonds is 7. The second-order valence-corrected chi connectivity index (χ2v) is 15.5. The molecule has 1 spiro atoms. The molecular formula is C21H26N2O9S4. The van der Waals surface area contributed by atoms with Crippen LogP contribution in [0.5, 0.6) is 0 Å². The number of nitrogens with zero attached hydrogens (tertiary/aromatic N) is 2. The summed E-state index contributed by atoms with van der Waals surface area (Å²) in [6.45, 7) is 0.291. The number of hydrogen-bond donors (Lipinski definition) is 1. The van der Waals surface area contributed by atoms with Gasteiger partial charge in [-0.15, -0.1) is 0 Å². The summed E-state index contributed by atoms with van der Waals surface area (Å²) in [6, 6.07) is 10.6. The van der Waals surface area contributed by atoms with Gasteiger partial charge >= 0.3 is 0 Å². The van der Waals surface area contributed by atoms with Crippen molar-refractivity contribution >= 4 is 40.6 Å². The fourth-order valence-electron chi connectivity index (χ4n) is 4.45. The molecule has 11 nitrogen and oxygen atoms in total. The Bertz CT molecular complexity index is 1520. The molecule has 15 heteroatoms. The first-order chi connectivity index (χ1) is 16.8. The van der Waals surface area contributed by atoms with Crippen LogP contribution in [0.15, 0.2) is 63.2 Å². The number of benzene rings is 2. The monoisotopic (exact) mass is 578 g/mol. The molecule has 2 aromatic rings. The number of piperidine rings is 1. The average molecular weight is 579 g/mol. The molecule has 0 radical (unpaired) electrons. The molecule has 0 atom stereocenters. The Kier molecular flexibility index (Phi) is 7.38. The fourth-order valence-corrected chi connectivity index (χ4v) is 8.76. The Labute approximate surface area is 212 Å². The summed E-state index contributed by atoms with van der Waals surface area (Å²) in [4.78, 5) is -0.0463. The Hall–Kier alpha value is -1.88. The summed E-state index contributed by atoms with van der Waals surface area (Å²) in [5.41, 5.74) is -0.720. The van der Waals surface area contributed by atoms with Crippen LogP contribution >= 0.6 is 0 Å². The molecule has 198 valence electrons. The van der Waals surface area contributed by atoms with E-state index < -0.39 is 46.3 Å². The molecule has 2 heterocycles. The Morgan fingerprint density at radius 2 is 1.28 bits per heavy atom. The Balaban J connectivity index is 1.52. The zero-order valence-corrected chi connectivity index (χ0v) is 22.7. The second-order valence-electron chi connectivity index (χ2n) is 8.65. The van der Waals surface area contributed by atoms with Crippen LogP contribution in [0.4, 0.5) is 0 Å². The fraction of sp³-hybridized carbons (Fsp3) is 0.429. The van der Waals surface area contributed by atoms with Gasteiger partial charge in [-0.1, -0.05) is 12.1 Å². The van der Waals surface area contributed by atoms with E-state index in [0.29, 0.717) is 5.56 Å². The van der Waals surface area contributed by atoms with Crippen molar-refractivity contribution < 1.29 is 38.4 Å². The highest BCUT2D eigenvalue weighted by molar-refractivity contribution is 7.91. The smallest absolute Gasteiger partial charge is 0.245 e. The quantitative estimate of drug-likeness (QED) is 0.460. The summed E-state index contributed by atoms with van der Waals surface area (Å²) in [7, 11) is -14.0. The van der Waals surface area contributed by atoms with Gasteiger partial charge in [-0.2, -0.15) is 8.61 Å². The van der Waals surface area contributed by atoms with Gasteiger partial charge in [0.1, 0.15) is 16.4 Å². The molecule has 2 saturated heterocycles. The topological polar surface area (TPSA) is 152 Å². The molecule has 0 unspecified atom stereocenters. The van der Waals surface area contributed by atoms with E-state index in [1.54, 1.807) is 0 Å². The van der Waals surface area contributed by atoms with E-state index >= 15 is 0 Å². The minimum atomic E-state index is -3.98. The van der Waals surface area contributed by atoms with E-state index in [4.69, 9.17) is 4.74 Å². The van der Waals surface area contributed by atoms with Gasteiger partial charge in [0.2, 0.25) is 20.0 Å². The van der Waals surface area contributed by atoms with Crippen LogP contribution in [0.2, 0.25) is 0 Å². The lowest BCUT2D eigenvalue weighted by Crippen LogP contribution is -2.55. The van der Waals surface area contributed by atoms with E-state index in [1.165, 1.54) is 57.1 Å². The summed E-state index contributed by atoms with van der Waals surface area (Å²) >= 11 is 0. The highest BCUT2D eigenvalue weighted by atomic mass is 32.2. The molecule has 0 bridgehead atoms.